The summed E-state index contributed by atoms with van der Waals surface area (Å²) in [4.78, 5) is 4.35. The summed E-state index contributed by atoms with van der Waals surface area (Å²) >= 11 is 18.6. The van der Waals surface area contributed by atoms with E-state index in [0.29, 0.717) is 20.8 Å². The lowest BCUT2D eigenvalue weighted by molar-refractivity contribution is 0.600. The Hall–Kier alpha value is -2.01. The zero-order chi connectivity index (χ0) is 19.4. The molecule has 1 N–H and O–H groups in total. The topological polar surface area (TPSA) is 42.2 Å². The van der Waals surface area contributed by atoms with Crippen LogP contribution in [0.3, 0.4) is 0 Å². The Morgan fingerprint density at radius 3 is 2.37 bits per heavy atom. The van der Waals surface area contributed by atoms with E-state index in [1.54, 1.807) is 18.3 Å². The monoisotopic (exact) mass is 420 g/mol. The summed E-state index contributed by atoms with van der Waals surface area (Å²) in [6.07, 6.45) is 4.60. The molecule has 0 radical (unpaired) electrons. The quantitative estimate of drug-likeness (QED) is 0.359. The second-order valence-corrected chi connectivity index (χ2v) is 7.28. The number of hydrazone groups is 1. The number of anilines is 1. The fourth-order valence-electron chi connectivity index (χ4n) is 2.94. The van der Waals surface area contributed by atoms with Gasteiger partial charge in [0, 0.05) is 17.4 Å². The highest BCUT2D eigenvalue weighted by molar-refractivity contribution is 6.41. The summed E-state index contributed by atoms with van der Waals surface area (Å²) in [5.41, 5.74) is 5.42. The summed E-state index contributed by atoms with van der Waals surface area (Å²) in [7, 11) is 0. The van der Waals surface area contributed by atoms with E-state index in [9.17, 15) is 0 Å². The zero-order valence-corrected chi connectivity index (χ0v) is 17.2. The fraction of sp³-hybridized carbons (Fsp3) is 0.200. The van der Waals surface area contributed by atoms with Gasteiger partial charge in [-0.3, -0.25) is 5.43 Å². The van der Waals surface area contributed by atoms with Crippen molar-refractivity contribution in [3.8, 4) is 0 Å². The van der Waals surface area contributed by atoms with Crippen LogP contribution in [0.25, 0.3) is 0 Å². The van der Waals surface area contributed by atoms with Crippen molar-refractivity contribution in [2.24, 2.45) is 5.10 Å². The lowest BCUT2D eigenvalue weighted by Crippen LogP contribution is -2.22. The number of aryl methyl sites for hydroxylation is 1. The molecule has 27 heavy (non-hydrogen) atoms. The zero-order valence-electron chi connectivity index (χ0n) is 15.0. The van der Waals surface area contributed by atoms with Crippen molar-refractivity contribution in [2.45, 2.75) is 26.3 Å². The highest BCUT2D eigenvalue weighted by Crippen LogP contribution is 2.34. The number of rotatable bonds is 6. The van der Waals surface area contributed by atoms with Crippen LogP contribution in [-0.2, 0) is 0 Å². The molecule has 0 spiro atoms. The van der Waals surface area contributed by atoms with E-state index in [0.717, 1.165) is 23.5 Å². The van der Waals surface area contributed by atoms with Gasteiger partial charge in [0.25, 0.3) is 0 Å². The van der Waals surface area contributed by atoms with Crippen LogP contribution >= 0.6 is 34.8 Å². The van der Waals surface area contributed by atoms with Crippen molar-refractivity contribution >= 4 is 46.2 Å². The van der Waals surface area contributed by atoms with Crippen LogP contribution in [-0.4, -0.2) is 15.3 Å². The van der Waals surface area contributed by atoms with E-state index >= 15 is 0 Å². The van der Waals surface area contributed by atoms with Crippen molar-refractivity contribution in [3.63, 3.8) is 0 Å². The van der Waals surface area contributed by atoms with Gasteiger partial charge in [-0.05, 0) is 31.0 Å². The minimum Gasteiger partial charge on any atom is -0.326 e. The number of nitrogens with zero attached hydrogens (tertiary/aromatic N) is 3. The Bertz CT molecular complexity index is 928. The lowest BCUT2D eigenvalue weighted by Gasteiger charge is -2.21. The molecule has 3 aromatic rings. The second-order valence-electron chi connectivity index (χ2n) is 6.03. The van der Waals surface area contributed by atoms with Gasteiger partial charge in [-0.15, -0.1) is 0 Å². The molecule has 1 atom stereocenters. The van der Waals surface area contributed by atoms with Gasteiger partial charge in [0.15, 0.2) is 0 Å². The van der Waals surface area contributed by atoms with Crippen LogP contribution < -0.4 is 5.43 Å². The minimum absolute atomic E-state index is 0.00671. The van der Waals surface area contributed by atoms with Gasteiger partial charge in [0.05, 0.1) is 27.5 Å². The SMILES string of the molecule is CC[C@@H](/C(=N/Nc1c(Cl)cc(Cl)cc1Cl)c1ccccc1)n1ccnc1C. The maximum absolute atomic E-state index is 6.29. The van der Waals surface area contributed by atoms with E-state index in [4.69, 9.17) is 34.8 Å². The van der Waals surface area contributed by atoms with E-state index < -0.39 is 0 Å². The molecule has 0 unspecified atom stereocenters. The molecule has 140 valence electrons. The van der Waals surface area contributed by atoms with E-state index in [-0.39, 0.29) is 6.04 Å². The van der Waals surface area contributed by atoms with Crippen LogP contribution in [0.15, 0.2) is 60.0 Å². The molecule has 0 aliphatic rings. The molecule has 3 rings (SSSR count). The predicted molar refractivity (Wildman–Crippen MR) is 114 cm³/mol. The average Bonchev–Trinajstić information content (AvgIpc) is 3.06. The molecule has 2 aromatic carbocycles. The Balaban J connectivity index is 2.05. The predicted octanol–water partition coefficient (Wildman–Crippen LogP) is 6.62. The highest BCUT2D eigenvalue weighted by Gasteiger charge is 2.20. The van der Waals surface area contributed by atoms with Gasteiger partial charge in [-0.25, -0.2) is 4.98 Å². The maximum atomic E-state index is 6.29. The highest BCUT2D eigenvalue weighted by atomic mass is 35.5. The summed E-state index contributed by atoms with van der Waals surface area (Å²) in [6.45, 7) is 4.09. The maximum Gasteiger partial charge on any atom is 0.106 e. The number of benzene rings is 2. The van der Waals surface area contributed by atoms with E-state index in [2.05, 4.69) is 27.0 Å². The van der Waals surface area contributed by atoms with E-state index in [1.807, 2.05) is 43.5 Å². The van der Waals surface area contributed by atoms with Crippen LogP contribution in [0, 0.1) is 6.92 Å². The van der Waals surface area contributed by atoms with Gasteiger partial charge in [0.2, 0.25) is 0 Å². The molecule has 0 saturated carbocycles. The summed E-state index contributed by atoms with van der Waals surface area (Å²) in [5.74, 6) is 0.924. The molecule has 4 nitrogen and oxygen atoms in total. The molecule has 7 heteroatoms. The lowest BCUT2D eigenvalue weighted by atomic mass is 10.0. The second kappa shape index (κ2) is 8.79. The first-order valence-electron chi connectivity index (χ1n) is 8.54. The van der Waals surface area contributed by atoms with E-state index in [1.165, 1.54) is 0 Å². The first-order valence-corrected chi connectivity index (χ1v) is 9.67. The molecule has 0 fully saturated rings. The Kier molecular flexibility index (Phi) is 6.42. The number of aromatic nitrogens is 2. The summed E-state index contributed by atoms with van der Waals surface area (Å²) in [5, 5.41) is 5.99. The van der Waals surface area contributed by atoms with Gasteiger partial charge >= 0.3 is 0 Å². The molecule has 1 heterocycles. The Morgan fingerprint density at radius 1 is 1.15 bits per heavy atom. The smallest absolute Gasteiger partial charge is 0.106 e. The molecule has 0 aliphatic carbocycles. The van der Waals surface area contributed by atoms with Crippen molar-refractivity contribution in [1.29, 1.82) is 0 Å². The first-order chi connectivity index (χ1) is 13.0. The third-order valence-corrected chi connectivity index (χ3v) is 5.08. The molecular weight excluding hydrogens is 403 g/mol. The number of halogens is 3. The summed E-state index contributed by atoms with van der Waals surface area (Å²) in [6, 6.07) is 13.3. The van der Waals surface area contributed by atoms with Crippen LogP contribution in [0.2, 0.25) is 15.1 Å². The number of nitrogens with one attached hydrogen (secondary N) is 1. The molecule has 0 aliphatic heterocycles. The van der Waals surface area contributed by atoms with Crippen molar-refractivity contribution in [3.05, 3.63) is 81.3 Å². The third kappa shape index (κ3) is 4.46. The molecular formula is C20H19Cl3N4. The number of imidazole rings is 1. The minimum atomic E-state index is 0.00671. The first kappa shape index (κ1) is 19.7. The molecule has 0 amide bonds. The molecule has 1 aromatic heterocycles. The van der Waals surface area contributed by atoms with Gasteiger partial charge in [-0.2, -0.15) is 5.10 Å². The molecule has 0 saturated heterocycles. The molecule has 0 bridgehead atoms. The standard InChI is InChI=1S/C20H19Cl3N4/c1-3-18(27-10-9-24-13(27)2)19(14-7-5-4-6-8-14)25-26-20-16(22)11-15(21)12-17(20)23/h4-12,18,26H,3H2,1-2H3/b25-19+/t18-/m0/s1. The van der Waals surface area contributed by atoms with Crippen molar-refractivity contribution < 1.29 is 0 Å². The average molecular weight is 422 g/mol. The van der Waals surface area contributed by atoms with Crippen LogP contribution in [0.4, 0.5) is 5.69 Å². The Morgan fingerprint density at radius 2 is 1.81 bits per heavy atom. The van der Waals surface area contributed by atoms with Gasteiger partial charge < -0.3 is 4.57 Å². The van der Waals surface area contributed by atoms with Gasteiger partial charge in [0.1, 0.15) is 5.82 Å². The summed E-state index contributed by atoms with van der Waals surface area (Å²) < 4.78 is 2.11. The third-order valence-electron chi connectivity index (χ3n) is 4.27. The van der Waals surface area contributed by atoms with Crippen molar-refractivity contribution in [2.75, 3.05) is 5.43 Å². The Labute approximate surface area is 173 Å². The van der Waals surface area contributed by atoms with Crippen molar-refractivity contribution in [1.82, 2.24) is 9.55 Å². The largest absolute Gasteiger partial charge is 0.326 e. The van der Waals surface area contributed by atoms with Crippen LogP contribution in [0.1, 0.15) is 30.8 Å². The number of hydrogen-bond acceptors (Lipinski definition) is 3. The van der Waals surface area contributed by atoms with Gasteiger partial charge in [-0.1, -0.05) is 72.1 Å². The normalized spacial score (nSPS) is 12.9. The van der Waals surface area contributed by atoms with Crippen LogP contribution in [0.5, 0.6) is 0 Å². The number of hydrogen-bond donors (Lipinski definition) is 1. The fourth-order valence-corrected chi connectivity index (χ4v) is 3.85.